The van der Waals surface area contributed by atoms with E-state index in [9.17, 15) is 14.7 Å². The van der Waals surface area contributed by atoms with Gasteiger partial charge in [0.05, 0.1) is 0 Å². The monoisotopic (exact) mass is 278 g/mol. The first-order valence-corrected chi connectivity index (χ1v) is 6.79. The van der Waals surface area contributed by atoms with Gasteiger partial charge in [0.2, 0.25) is 6.10 Å². The minimum Gasteiger partial charge on any atom is -0.478 e. The summed E-state index contributed by atoms with van der Waals surface area (Å²) in [7, 11) is 0. The van der Waals surface area contributed by atoms with Gasteiger partial charge in [0.15, 0.2) is 0 Å². The third kappa shape index (κ3) is 3.38. The molecule has 0 aliphatic heterocycles. The molecule has 0 spiro atoms. The van der Waals surface area contributed by atoms with Gasteiger partial charge in [-0.05, 0) is 56.4 Å². The number of hydrogen-bond acceptors (Lipinski definition) is 3. The quantitative estimate of drug-likeness (QED) is 0.838. The molecular weight excluding hydrogens is 256 g/mol. The summed E-state index contributed by atoms with van der Waals surface area (Å²) in [5.41, 5.74) is 4.43. The number of carboxylic acids is 1. The second-order valence-corrected chi connectivity index (χ2v) is 5.13. The van der Waals surface area contributed by atoms with E-state index < -0.39 is 18.0 Å². The van der Waals surface area contributed by atoms with Crippen LogP contribution in [0.25, 0.3) is 0 Å². The van der Waals surface area contributed by atoms with Crippen molar-refractivity contribution in [2.45, 2.75) is 53.6 Å². The zero-order chi connectivity index (χ0) is 15.4. The van der Waals surface area contributed by atoms with Gasteiger partial charge in [0, 0.05) is 12.0 Å². The summed E-state index contributed by atoms with van der Waals surface area (Å²) in [6.07, 6.45) is -0.365. The lowest BCUT2D eigenvalue weighted by atomic mass is 9.91. The average Bonchev–Trinajstić information content (AvgIpc) is 2.35. The topological polar surface area (TPSA) is 63.6 Å². The third-order valence-corrected chi connectivity index (χ3v) is 3.61. The lowest BCUT2D eigenvalue weighted by Crippen LogP contribution is -2.21. The number of benzene rings is 1. The summed E-state index contributed by atoms with van der Waals surface area (Å²) >= 11 is 0. The van der Waals surface area contributed by atoms with Crippen LogP contribution in [-0.2, 0) is 14.3 Å². The fourth-order valence-electron chi connectivity index (χ4n) is 2.34. The van der Waals surface area contributed by atoms with E-state index in [0.29, 0.717) is 12.0 Å². The van der Waals surface area contributed by atoms with Crippen molar-refractivity contribution in [3.63, 3.8) is 0 Å². The lowest BCUT2D eigenvalue weighted by molar-refractivity contribution is -0.164. The van der Waals surface area contributed by atoms with Gasteiger partial charge in [-0.25, -0.2) is 4.79 Å². The van der Waals surface area contributed by atoms with Crippen molar-refractivity contribution in [3.05, 3.63) is 33.9 Å². The summed E-state index contributed by atoms with van der Waals surface area (Å²) in [6, 6.07) is 1.93. The highest BCUT2D eigenvalue weighted by atomic mass is 16.6. The molecule has 0 amide bonds. The van der Waals surface area contributed by atoms with Crippen molar-refractivity contribution >= 4 is 11.9 Å². The number of carboxylic acid groups (broad SMARTS) is 1. The molecule has 0 fully saturated rings. The first-order valence-electron chi connectivity index (χ1n) is 6.79. The molecule has 110 valence electrons. The van der Waals surface area contributed by atoms with Gasteiger partial charge in [-0.3, -0.25) is 4.79 Å². The summed E-state index contributed by atoms with van der Waals surface area (Å²) in [5.74, 6) is -1.61. The predicted molar refractivity (Wildman–Crippen MR) is 76.8 cm³/mol. The Balaban J connectivity index is 3.26. The molecule has 0 saturated heterocycles. The molecule has 4 heteroatoms. The Labute approximate surface area is 119 Å². The molecule has 0 aliphatic rings. The minimum absolute atomic E-state index is 0.229. The van der Waals surface area contributed by atoms with Crippen LogP contribution in [0.2, 0.25) is 0 Å². The van der Waals surface area contributed by atoms with E-state index in [4.69, 9.17) is 4.74 Å². The van der Waals surface area contributed by atoms with Crippen molar-refractivity contribution in [3.8, 4) is 0 Å². The number of carbonyl (C=O) groups excluding carboxylic acids is 1. The highest BCUT2D eigenvalue weighted by Gasteiger charge is 2.28. The zero-order valence-corrected chi connectivity index (χ0v) is 12.7. The molecule has 1 rings (SSSR count). The number of ether oxygens (including phenoxy) is 1. The molecule has 1 N–H and O–H groups in total. The Morgan fingerprint density at radius 1 is 1.15 bits per heavy atom. The molecule has 0 radical (unpaired) electrons. The Kier molecular flexibility index (Phi) is 5.31. The second kappa shape index (κ2) is 6.55. The Morgan fingerprint density at radius 3 is 2.25 bits per heavy atom. The number of hydrogen-bond donors (Lipinski definition) is 1. The molecule has 0 aromatic heterocycles. The number of rotatable bonds is 5. The maximum atomic E-state index is 11.6. The van der Waals surface area contributed by atoms with Crippen LogP contribution in [0.5, 0.6) is 0 Å². The van der Waals surface area contributed by atoms with Crippen molar-refractivity contribution in [2.24, 2.45) is 0 Å². The third-order valence-electron chi connectivity index (χ3n) is 3.61. The van der Waals surface area contributed by atoms with Crippen LogP contribution < -0.4 is 0 Å². The molecule has 1 aromatic carbocycles. The zero-order valence-electron chi connectivity index (χ0n) is 12.7. The summed E-state index contributed by atoms with van der Waals surface area (Å²) in [4.78, 5) is 23.1. The fourth-order valence-corrected chi connectivity index (χ4v) is 2.34. The Hall–Kier alpha value is -1.84. The number of aliphatic carboxylic acids is 1. The van der Waals surface area contributed by atoms with E-state index in [1.807, 2.05) is 40.7 Å². The van der Waals surface area contributed by atoms with E-state index in [2.05, 4.69) is 0 Å². The summed E-state index contributed by atoms with van der Waals surface area (Å²) in [5, 5.41) is 9.38. The Morgan fingerprint density at radius 2 is 1.75 bits per heavy atom. The van der Waals surface area contributed by atoms with Crippen LogP contribution in [0.3, 0.4) is 0 Å². The van der Waals surface area contributed by atoms with Crippen LogP contribution in [0, 0.1) is 27.7 Å². The standard InChI is InChI=1S/C16H22O4/c1-6-7-13(17)20-15(16(18)19)14-10(3)8-9(2)11(4)12(14)5/h8,15H,6-7H2,1-5H3,(H,18,19). The molecule has 20 heavy (non-hydrogen) atoms. The van der Waals surface area contributed by atoms with E-state index in [1.165, 1.54) is 0 Å². The fraction of sp³-hybridized carbons (Fsp3) is 0.500. The van der Waals surface area contributed by atoms with E-state index in [1.54, 1.807) is 0 Å². The molecule has 1 aromatic rings. The van der Waals surface area contributed by atoms with Gasteiger partial charge in [-0.1, -0.05) is 13.0 Å². The van der Waals surface area contributed by atoms with Crippen molar-refractivity contribution in [1.29, 1.82) is 0 Å². The van der Waals surface area contributed by atoms with Crippen molar-refractivity contribution in [2.75, 3.05) is 0 Å². The predicted octanol–water partition coefficient (Wildman–Crippen LogP) is 3.39. The van der Waals surface area contributed by atoms with Crippen LogP contribution in [0.4, 0.5) is 0 Å². The van der Waals surface area contributed by atoms with Gasteiger partial charge >= 0.3 is 11.9 Å². The van der Waals surface area contributed by atoms with E-state index >= 15 is 0 Å². The smallest absolute Gasteiger partial charge is 0.349 e. The average molecular weight is 278 g/mol. The Bertz CT molecular complexity index is 532. The maximum Gasteiger partial charge on any atom is 0.349 e. The lowest BCUT2D eigenvalue weighted by Gasteiger charge is -2.21. The van der Waals surface area contributed by atoms with Gasteiger partial charge in [-0.2, -0.15) is 0 Å². The normalized spacial score (nSPS) is 12.1. The molecular formula is C16H22O4. The highest BCUT2D eigenvalue weighted by molar-refractivity contribution is 5.80. The summed E-state index contributed by atoms with van der Waals surface area (Å²) < 4.78 is 5.16. The van der Waals surface area contributed by atoms with Crippen molar-refractivity contribution in [1.82, 2.24) is 0 Å². The van der Waals surface area contributed by atoms with Gasteiger partial charge < -0.3 is 9.84 Å². The number of esters is 1. The summed E-state index contributed by atoms with van der Waals surface area (Å²) in [6.45, 7) is 9.49. The number of aryl methyl sites for hydroxylation is 2. The van der Waals surface area contributed by atoms with E-state index in [0.717, 1.165) is 22.3 Å². The second-order valence-electron chi connectivity index (χ2n) is 5.13. The van der Waals surface area contributed by atoms with Gasteiger partial charge in [0.1, 0.15) is 0 Å². The first kappa shape index (κ1) is 16.2. The molecule has 0 aliphatic carbocycles. The molecule has 1 atom stereocenters. The van der Waals surface area contributed by atoms with Crippen LogP contribution in [-0.4, -0.2) is 17.0 Å². The molecule has 4 nitrogen and oxygen atoms in total. The van der Waals surface area contributed by atoms with Crippen molar-refractivity contribution < 1.29 is 19.4 Å². The SMILES string of the molecule is CCCC(=O)OC(C(=O)O)c1c(C)cc(C)c(C)c1C. The molecule has 0 saturated carbocycles. The molecule has 0 heterocycles. The largest absolute Gasteiger partial charge is 0.478 e. The van der Waals surface area contributed by atoms with Gasteiger partial charge in [0.25, 0.3) is 0 Å². The first-order chi connectivity index (χ1) is 9.29. The number of carbonyl (C=O) groups is 2. The van der Waals surface area contributed by atoms with Crippen LogP contribution in [0.1, 0.15) is 53.7 Å². The minimum atomic E-state index is -1.23. The van der Waals surface area contributed by atoms with E-state index in [-0.39, 0.29) is 6.42 Å². The highest BCUT2D eigenvalue weighted by Crippen LogP contribution is 2.29. The molecule has 0 bridgehead atoms. The van der Waals surface area contributed by atoms with Crippen LogP contribution >= 0.6 is 0 Å². The molecule has 1 unspecified atom stereocenters. The van der Waals surface area contributed by atoms with Gasteiger partial charge in [-0.15, -0.1) is 0 Å². The van der Waals surface area contributed by atoms with Crippen LogP contribution in [0.15, 0.2) is 6.07 Å². The maximum absolute atomic E-state index is 11.6.